The summed E-state index contributed by atoms with van der Waals surface area (Å²) >= 11 is 0. The SMILES string of the molecule is COc1ccc(-c2c(-c3ccc(O)c(C)c3)nc(-c3ccc4c(c3)-c3ccccc3C4)n2Cc2ccc(C(=O)NCCOCCOCCN)cc2)cc1C. The number of amides is 1. The molecule has 0 atom stereocenters. The van der Waals surface area contributed by atoms with Crippen LogP contribution in [-0.2, 0) is 22.4 Å². The quantitative estimate of drug-likeness (QED) is 0.0935. The van der Waals surface area contributed by atoms with Gasteiger partial charge in [0.1, 0.15) is 17.3 Å². The smallest absolute Gasteiger partial charge is 0.251 e. The maximum Gasteiger partial charge on any atom is 0.251 e. The van der Waals surface area contributed by atoms with E-state index in [1.54, 1.807) is 13.2 Å². The standard InChI is InChI=1S/C45H46N4O5/c1-29-24-35(14-16-40(29)50)42-43(36-15-17-41(52-3)30(2)25-36)49(44(48-42)37-13-12-34-26-33-6-4-5-7-38(33)39(34)27-37)28-31-8-10-32(11-9-31)45(51)47-19-21-54-23-22-53-20-18-46/h4-17,24-25,27,50H,18-23,26,28,46H2,1-3H3,(H,47,51). The van der Waals surface area contributed by atoms with Crippen LogP contribution in [0.1, 0.15) is 38.2 Å². The molecule has 9 nitrogen and oxygen atoms in total. The van der Waals surface area contributed by atoms with Crippen molar-refractivity contribution in [2.24, 2.45) is 5.73 Å². The number of fused-ring (bicyclic) bond motifs is 3. The van der Waals surface area contributed by atoms with Gasteiger partial charge in [0.25, 0.3) is 5.91 Å². The molecule has 0 saturated heterocycles. The fraction of sp³-hybridized carbons (Fsp3) is 0.244. The molecule has 6 aromatic rings. The van der Waals surface area contributed by atoms with E-state index in [1.807, 2.05) is 56.3 Å². The van der Waals surface area contributed by atoms with E-state index in [2.05, 4.69) is 64.5 Å². The van der Waals surface area contributed by atoms with Gasteiger partial charge in [-0.25, -0.2) is 4.98 Å². The van der Waals surface area contributed by atoms with Gasteiger partial charge in [0.05, 0.1) is 44.9 Å². The number of aromatic nitrogens is 2. The first-order valence-corrected chi connectivity index (χ1v) is 18.3. The lowest BCUT2D eigenvalue weighted by Gasteiger charge is -2.16. The highest BCUT2D eigenvalue weighted by molar-refractivity contribution is 5.94. The highest BCUT2D eigenvalue weighted by Crippen LogP contribution is 2.42. The number of carbonyl (C=O) groups is 1. The fourth-order valence-corrected chi connectivity index (χ4v) is 7.10. The van der Waals surface area contributed by atoms with E-state index >= 15 is 0 Å². The normalized spacial score (nSPS) is 11.7. The molecule has 54 heavy (non-hydrogen) atoms. The summed E-state index contributed by atoms with van der Waals surface area (Å²) in [5.41, 5.74) is 18.5. The summed E-state index contributed by atoms with van der Waals surface area (Å²) in [5, 5.41) is 13.4. The molecule has 1 aliphatic rings. The van der Waals surface area contributed by atoms with E-state index in [4.69, 9.17) is 24.9 Å². The predicted molar refractivity (Wildman–Crippen MR) is 213 cm³/mol. The Morgan fingerprint density at radius 3 is 2.28 bits per heavy atom. The summed E-state index contributed by atoms with van der Waals surface area (Å²) in [6, 6.07) is 34.8. The maximum absolute atomic E-state index is 13.0. The van der Waals surface area contributed by atoms with Crippen LogP contribution in [0.3, 0.4) is 0 Å². The Labute approximate surface area is 316 Å². The van der Waals surface area contributed by atoms with Gasteiger partial charge in [-0.3, -0.25) is 4.79 Å². The van der Waals surface area contributed by atoms with Crippen LogP contribution in [0.4, 0.5) is 0 Å². The molecule has 1 aliphatic carbocycles. The number of hydrogen-bond acceptors (Lipinski definition) is 7. The van der Waals surface area contributed by atoms with E-state index in [9.17, 15) is 9.90 Å². The number of nitrogens with zero attached hydrogens (tertiary/aromatic N) is 2. The third-order valence-electron chi connectivity index (χ3n) is 9.89. The zero-order valence-electron chi connectivity index (χ0n) is 31.0. The van der Waals surface area contributed by atoms with Crippen LogP contribution in [0.25, 0.3) is 45.0 Å². The van der Waals surface area contributed by atoms with Crippen LogP contribution in [-0.4, -0.2) is 67.2 Å². The second-order valence-electron chi connectivity index (χ2n) is 13.6. The molecule has 0 aliphatic heterocycles. The Morgan fingerprint density at radius 2 is 1.52 bits per heavy atom. The summed E-state index contributed by atoms with van der Waals surface area (Å²) in [7, 11) is 1.68. The van der Waals surface area contributed by atoms with Gasteiger partial charge < -0.3 is 34.9 Å². The fourth-order valence-electron chi connectivity index (χ4n) is 7.10. The number of carbonyl (C=O) groups excluding carboxylic acids is 1. The number of aryl methyl sites for hydroxylation is 2. The zero-order chi connectivity index (χ0) is 37.6. The van der Waals surface area contributed by atoms with Gasteiger partial charge in [-0.1, -0.05) is 48.5 Å². The molecule has 0 fully saturated rings. The Bertz CT molecular complexity index is 2280. The lowest BCUT2D eigenvalue weighted by molar-refractivity contribution is 0.0511. The number of phenolic OH excluding ortho intramolecular Hbond substituents is 1. The number of rotatable bonds is 15. The summed E-state index contributed by atoms with van der Waals surface area (Å²) in [4.78, 5) is 18.4. The van der Waals surface area contributed by atoms with E-state index in [1.165, 1.54) is 22.3 Å². The van der Waals surface area contributed by atoms with Crippen molar-refractivity contribution in [3.05, 3.63) is 137 Å². The largest absolute Gasteiger partial charge is 0.508 e. The molecule has 0 unspecified atom stereocenters. The molecular weight excluding hydrogens is 677 g/mol. The van der Waals surface area contributed by atoms with Gasteiger partial charge in [0.2, 0.25) is 0 Å². The number of nitrogens with two attached hydrogens (primary N) is 1. The Kier molecular flexibility index (Phi) is 11.2. The predicted octanol–water partition coefficient (Wildman–Crippen LogP) is 7.56. The molecule has 5 aromatic carbocycles. The van der Waals surface area contributed by atoms with E-state index < -0.39 is 0 Å². The van der Waals surface area contributed by atoms with Crippen LogP contribution >= 0.6 is 0 Å². The van der Waals surface area contributed by atoms with E-state index in [0.717, 1.165) is 62.8 Å². The molecule has 0 bridgehead atoms. The Morgan fingerprint density at radius 1 is 0.796 bits per heavy atom. The van der Waals surface area contributed by atoms with Crippen LogP contribution < -0.4 is 15.8 Å². The third-order valence-corrected chi connectivity index (χ3v) is 9.89. The lowest BCUT2D eigenvalue weighted by atomic mass is 10.0. The molecule has 7 rings (SSSR count). The minimum atomic E-state index is -0.161. The second kappa shape index (κ2) is 16.5. The molecule has 0 saturated carbocycles. The van der Waals surface area contributed by atoms with Crippen molar-refractivity contribution < 1.29 is 24.1 Å². The molecular formula is C45H46N4O5. The van der Waals surface area contributed by atoms with E-state index in [-0.39, 0.29) is 11.7 Å². The van der Waals surface area contributed by atoms with Crippen molar-refractivity contribution in [3.8, 4) is 56.5 Å². The first-order valence-electron chi connectivity index (χ1n) is 18.3. The first kappa shape index (κ1) is 36.6. The maximum atomic E-state index is 13.0. The topological polar surface area (TPSA) is 121 Å². The molecule has 0 spiro atoms. The van der Waals surface area contributed by atoms with Gasteiger partial charge in [0.15, 0.2) is 0 Å². The van der Waals surface area contributed by atoms with Crippen LogP contribution in [0.15, 0.2) is 103 Å². The van der Waals surface area contributed by atoms with Gasteiger partial charge >= 0.3 is 0 Å². The van der Waals surface area contributed by atoms with Crippen molar-refractivity contribution in [2.75, 3.05) is 46.6 Å². The molecule has 4 N–H and O–H groups in total. The number of phenols is 1. The molecule has 1 aromatic heterocycles. The summed E-state index contributed by atoms with van der Waals surface area (Å²) in [5.74, 6) is 1.70. The minimum absolute atomic E-state index is 0.161. The van der Waals surface area contributed by atoms with Crippen molar-refractivity contribution >= 4 is 5.91 Å². The minimum Gasteiger partial charge on any atom is -0.508 e. The van der Waals surface area contributed by atoms with E-state index in [0.29, 0.717) is 51.6 Å². The monoisotopic (exact) mass is 722 g/mol. The van der Waals surface area contributed by atoms with Crippen molar-refractivity contribution in [2.45, 2.75) is 26.8 Å². The number of methoxy groups -OCH3 is 1. The number of ether oxygens (including phenoxy) is 3. The third kappa shape index (κ3) is 7.79. The van der Waals surface area contributed by atoms with Crippen molar-refractivity contribution in [3.63, 3.8) is 0 Å². The van der Waals surface area contributed by atoms with Crippen molar-refractivity contribution in [1.82, 2.24) is 14.9 Å². The summed E-state index contributed by atoms with van der Waals surface area (Å²) in [6.45, 7) is 7.13. The van der Waals surface area contributed by atoms with Crippen LogP contribution in [0, 0.1) is 13.8 Å². The van der Waals surface area contributed by atoms with Crippen LogP contribution in [0.2, 0.25) is 0 Å². The van der Waals surface area contributed by atoms with Gasteiger partial charge in [0, 0.05) is 41.9 Å². The van der Waals surface area contributed by atoms with Gasteiger partial charge in [-0.2, -0.15) is 0 Å². The zero-order valence-corrected chi connectivity index (χ0v) is 31.0. The molecule has 1 amide bonds. The Balaban J connectivity index is 1.27. The number of aromatic hydroxyl groups is 1. The number of imidazole rings is 1. The molecule has 1 heterocycles. The number of hydrogen-bond donors (Lipinski definition) is 3. The average molecular weight is 723 g/mol. The van der Waals surface area contributed by atoms with Gasteiger partial charge in [-0.15, -0.1) is 0 Å². The molecule has 276 valence electrons. The molecule has 9 heteroatoms. The number of benzene rings is 5. The van der Waals surface area contributed by atoms with Gasteiger partial charge in [-0.05, 0) is 114 Å². The second-order valence-corrected chi connectivity index (χ2v) is 13.6. The summed E-state index contributed by atoms with van der Waals surface area (Å²) in [6.07, 6.45) is 0.909. The van der Waals surface area contributed by atoms with Crippen LogP contribution in [0.5, 0.6) is 11.5 Å². The highest BCUT2D eigenvalue weighted by atomic mass is 16.5. The molecule has 0 radical (unpaired) electrons. The number of nitrogens with one attached hydrogen (secondary N) is 1. The average Bonchev–Trinajstić information content (AvgIpc) is 3.75. The first-order chi connectivity index (χ1) is 26.3. The highest BCUT2D eigenvalue weighted by Gasteiger charge is 2.25. The lowest BCUT2D eigenvalue weighted by Crippen LogP contribution is -2.27. The summed E-state index contributed by atoms with van der Waals surface area (Å²) < 4.78 is 18.8. The Hall–Kier alpha value is -5.74. The van der Waals surface area contributed by atoms with Crippen molar-refractivity contribution in [1.29, 1.82) is 0 Å².